The lowest BCUT2D eigenvalue weighted by atomic mass is 10.1. The van der Waals surface area contributed by atoms with Crippen LogP contribution in [0.2, 0.25) is 0 Å². The Morgan fingerprint density at radius 3 is 2.88 bits per heavy atom. The number of halogens is 1. The van der Waals surface area contributed by atoms with E-state index in [1.807, 2.05) is 43.4 Å². The largest absolute Gasteiger partial charge is 0.298 e. The average molecular weight is 297 g/mol. The molecule has 0 unspecified atom stereocenters. The fourth-order valence-corrected chi connectivity index (χ4v) is 2.60. The molecule has 16 heavy (non-hydrogen) atoms. The second kappa shape index (κ2) is 7.47. The van der Waals surface area contributed by atoms with Gasteiger partial charge >= 0.3 is 0 Å². The van der Waals surface area contributed by atoms with Crippen molar-refractivity contribution in [3.05, 3.63) is 58.6 Å². The summed E-state index contributed by atoms with van der Waals surface area (Å²) in [5.41, 5.74) is 1.75. The molecule has 84 valence electrons. The molecule has 0 aromatic carbocycles. The summed E-state index contributed by atoms with van der Waals surface area (Å²) in [7, 11) is 0. The molecule has 0 aliphatic heterocycles. The highest BCUT2D eigenvalue weighted by Gasteiger charge is 2.03. The molecule has 1 aliphatic rings. The molecule has 0 N–H and O–H groups in total. The molecule has 0 fully saturated rings. The number of rotatable bonds is 4. The van der Waals surface area contributed by atoms with Gasteiger partial charge in [-0.15, -0.1) is 11.8 Å². The van der Waals surface area contributed by atoms with Crippen LogP contribution in [0.5, 0.6) is 0 Å². The maximum atomic E-state index is 10.8. The second-order valence-corrected chi connectivity index (χ2v) is 5.35. The Balaban J connectivity index is 3.04. The predicted molar refractivity (Wildman–Crippen MR) is 75.7 cm³/mol. The minimum atomic E-state index is 0.685. The van der Waals surface area contributed by atoms with Crippen molar-refractivity contribution in [2.75, 3.05) is 4.66 Å². The van der Waals surface area contributed by atoms with Crippen molar-refractivity contribution < 1.29 is 4.79 Å². The Kier molecular flexibility index (Phi) is 6.19. The van der Waals surface area contributed by atoms with Gasteiger partial charge < -0.3 is 0 Å². The van der Waals surface area contributed by atoms with Crippen LogP contribution in [0.25, 0.3) is 0 Å². The lowest BCUT2D eigenvalue weighted by molar-refractivity contribution is -0.104. The fraction of sp³-hybridized carbons (Fsp3) is 0.154. The smallest absolute Gasteiger partial charge is 0.150 e. The lowest BCUT2D eigenvalue weighted by Crippen LogP contribution is -1.88. The SMILES string of the molecule is C/C=C(\SCBr)C1=C/C(C=O)=C/C=C/C=C1. The van der Waals surface area contributed by atoms with Crippen LogP contribution >= 0.6 is 27.7 Å². The van der Waals surface area contributed by atoms with E-state index in [0.717, 1.165) is 21.4 Å². The van der Waals surface area contributed by atoms with Gasteiger partial charge in [0.2, 0.25) is 0 Å². The number of hydrogen-bond donors (Lipinski definition) is 0. The lowest BCUT2D eigenvalue weighted by Gasteiger charge is -2.07. The standard InChI is InChI=1S/C13H13BrOS/c1-2-13(16-10-14)12-7-5-3-4-6-11(8-12)9-15/h2-9H,10H2,1H3/b4-3+,5-3?,6-4?,7-5?,11-6-,11-8?,12-7?,12-8?,13-2-. The summed E-state index contributed by atoms with van der Waals surface area (Å²) < 4.78 is 0.841. The van der Waals surface area contributed by atoms with E-state index in [4.69, 9.17) is 0 Å². The molecule has 0 heterocycles. The Hall–Kier alpha value is -0.800. The van der Waals surface area contributed by atoms with E-state index in [0.29, 0.717) is 5.57 Å². The van der Waals surface area contributed by atoms with E-state index in [1.54, 1.807) is 11.8 Å². The van der Waals surface area contributed by atoms with Crippen LogP contribution in [0.4, 0.5) is 0 Å². The summed E-state index contributed by atoms with van der Waals surface area (Å²) in [6.45, 7) is 2.00. The third-order valence-corrected chi connectivity index (χ3v) is 3.58. The van der Waals surface area contributed by atoms with E-state index in [9.17, 15) is 4.79 Å². The fourth-order valence-electron chi connectivity index (χ4n) is 1.28. The number of carbonyl (C=O) groups excluding carboxylic acids is 1. The van der Waals surface area contributed by atoms with Gasteiger partial charge in [-0.2, -0.15) is 0 Å². The monoisotopic (exact) mass is 296 g/mol. The summed E-state index contributed by atoms with van der Waals surface area (Å²) >= 11 is 5.10. The molecule has 0 saturated heterocycles. The van der Waals surface area contributed by atoms with Gasteiger partial charge in [-0.25, -0.2) is 0 Å². The normalized spacial score (nSPS) is 21.5. The third kappa shape index (κ3) is 3.99. The molecule has 0 atom stereocenters. The van der Waals surface area contributed by atoms with Crippen LogP contribution in [0.15, 0.2) is 58.6 Å². The molecule has 0 saturated carbocycles. The topological polar surface area (TPSA) is 17.1 Å². The van der Waals surface area contributed by atoms with E-state index in [1.165, 1.54) is 0 Å². The molecule has 1 nitrogen and oxygen atoms in total. The minimum absolute atomic E-state index is 0.685. The van der Waals surface area contributed by atoms with E-state index in [-0.39, 0.29) is 0 Å². The van der Waals surface area contributed by atoms with Gasteiger partial charge in [0.25, 0.3) is 0 Å². The van der Waals surface area contributed by atoms with Crippen molar-refractivity contribution in [2.45, 2.75) is 6.92 Å². The van der Waals surface area contributed by atoms with Crippen LogP contribution < -0.4 is 0 Å². The number of alkyl halides is 1. The zero-order chi connectivity index (χ0) is 11.8. The molecule has 0 aromatic heterocycles. The zero-order valence-corrected chi connectivity index (χ0v) is 11.4. The van der Waals surface area contributed by atoms with Crippen LogP contribution in [0.3, 0.4) is 0 Å². The van der Waals surface area contributed by atoms with Crippen molar-refractivity contribution in [1.29, 1.82) is 0 Å². The summed E-state index contributed by atoms with van der Waals surface area (Å²) in [5.74, 6) is 0. The minimum Gasteiger partial charge on any atom is -0.298 e. The van der Waals surface area contributed by atoms with Crippen molar-refractivity contribution in [3.8, 4) is 0 Å². The van der Waals surface area contributed by atoms with Crippen molar-refractivity contribution in [3.63, 3.8) is 0 Å². The third-order valence-electron chi connectivity index (χ3n) is 2.00. The van der Waals surface area contributed by atoms with Gasteiger partial charge in [-0.3, -0.25) is 4.79 Å². The summed E-state index contributed by atoms with van der Waals surface area (Å²) in [4.78, 5) is 12.0. The Labute approximate surface area is 109 Å². The number of hydrogen-bond acceptors (Lipinski definition) is 2. The van der Waals surface area contributed by atoms with Gasteiger partial charge in [-0.1, -0.05) is 52.4 Å². The van der Waals surface area contributed by atoms with E-state index >= 15 is 0 Å². The van der Waals surface area contributed by atoms with Crippen LogP contribution in [0, 0.1) is 0 Å². The summed E-state index contributed by atoms with van der Waals surface area (Å²) in [6, 6.07) is 0. The first kappa shape index (κ1) is 13.3. The van der Waals surface area contributed by atoms with Crippen molar-refractivity contribution in [2.24, 2.45) is 0 Å². The van der Waals surface area contributed by atoms with Gasteiger partial charge in [0.1, 0.15) is 6.29 Å². The zero-order valence-electron chi connectivity index (χ0n) is 9.02. The second-order valence-electron chi connectivity index (χ2n) is 3.03. The molecular weight excluding hydrogens is 284 g/mol. The highest BCUT2D eigenvalue weighted by molar-refractivity contribution is 9.11. The van der Waals surface area contributed by atoms with Gasteiger partial charge in [0.05, 0.1) is 4.66 Å². The molecule has 0 radical (unpaired) electrons. The molecule has 3 heteroatoms. The van der Waals surface area contributed by atoms with E-state index < -0.39 is 0 Å². The van der Waals surface area contributed by atoms with E-state index in [2.05, 4.69) is 22.0 Å². The highest BCUT2D eigenvalue weighted by Crippen LogP contribution is 2.27. The highest BCUT2D eigenvalue weighted by atomic mass is 79.9. The first-order valence-electron chi connectivity index (χ1n) is 4.89. The van der Waals surface area contributed by atoms with Crippen LogP contribution in [-0.4, -0.2) is 10.9 Å². The van der Waals surface area contributed by atoms with Crippen LogP contribution in [-0.2, 0) is 4.79 Å². The number of allylic oxidation sites excluding steroid dienone is 9. The molecule has 0 bridgehead atoms. The molecule has 1 aliphatic carbocycles. The first-order chi connectivity index (χ1) is 7.81. The van der Waals surface area contributed by atoms with Crippen LogP contribution in [0.1, 0.15) is 6.92 Å². The predicted octanol–water partition coefficient (Wildman–Crippen LogP) is 4.15. The van der Waals surface area contributed by atoms with Crippen molar-refractivity contribution >= 4 is 34.0 Å². The Morgan fingerprint density at radius 2 is 2.25 bits per heavy atom. The molecule has 0 spiro atoms. The van der Waals surface area contributed by atoms with Gasteiger partial charge in [0.15, 0.2) is 0 Å². The molecule has 1 rings (SSSR count). The Morgan fingerprint density at radius 1 is 1.44 bits per heavy atom. The number of carbonyl (C=O) groups is 1. The number of thioether (sulfide) groups is 1. The quantitative estimate of drug-likeness (QED) is 0.572. The maximum absolute atomic E-state index is 10.8. The van der Waals surface area contributed by atoms with Crippen molar-refractivity contribution in [1.82, 2.24) is 0 Å². The summed E-state index contributed by atoms with van der Waals surface area (Å²) in [6.07, 6.45) is 14.4. The van der Waals surface area contributed by atoms with Gasteiger partial charge in [0, 0.05) is 10.5 Å². The number of aldehydes is 1. The average Bonchev–Trinajstić information content (AvgIpc) is 2.27. The van der Waals surface area contributed by atoms with Gasteiger partial charge in [-0.05, 0) is 18.6 Å². The molecule has 0 aromatic rings. The maximum Gasteiger partial charge on any atom is 0.150 e. The first-order valence-corrected chi connectivity index (χ1v) is 7.00. The molecular formula is C13H13BrOS. The summed E-state index contributed by atoms with van der Waals surface area (Å²) in [5, 5.41) is 0. The molecule has 0 amide bonds. The Bertz CT molecular complexity index is 400.